The second-order valence-corrected chi connectivity index (χ2v) is 6.28. The molecular weight excluding hydrogens is 369 g/mol. The van der Waals surface area contributed by atoms with Crippen LogP contribution in [0, 0.1) is 5.92 Å². The molecule has 0 radical (unpaired) electrons. The van der Waals surface area contributed by atoms with E-state index in [9.17, 15) is 8.78 Å². The predicted octanol–water partition coefficient (Wildman–Crippen LogP) is 4.10. The maximum absolute atomic E-state index is 13.4. The summed E-state index contributed by atoms with van der Waals surface area (Å²) in [6, 6.07) is 7.12. The molecule has 1 aromatic carbocycles. The average Bonchev–Trinajstić information content (AvgIpc) is 2.92. The number of rotatable bonds is 6. The van der Waals surface area contributed by atoms with Crippen LogP contribution in [0.1, 0.15) is 31.6 Å². The Morgan fingerprint density at radius 3 is 2.52 bits per heavy atom. The first-order chi connectivity index (χ1) is 11.2. The van der Waals surface area contributed by atoms with Gasteiger partial charge in [-0.3, -0.25) is 9.47 Å². The van der Waals surface area contributed by atoms with Crippen LogP contribution in [0.5, 0.6) is 0 Å². The van der Waals surface area contributed by atoms with Gasteiger partial charge in [-0.15, -0.1) is 24.8 Å². The van der Waals surface area contributed by atoms with Crippen LogP contribution in [0.25, 0.3) is 11.0 Å². The molecule has 142 valence electrons. The number of alkyl halides is 2. The lowest BCUT2D eigenvalue weighted by Crippen LogP contribution is -2.34. The zero-order chi connectivity index (χ0) is 16.2. The summed E-state index contributed by atoms with van der Waals surface area (Å²) in [5, 5.41) is 3.19. The molecule has 3 rings (SSSR count). The van der Waals surface area contributed by atoms with E-state index in [1.165, 1.54) is 6.42 Å². The highest BCUT2D eigenvalue weighted by Crippen LogP contribution is 2.26. The lowest BCUT2D eigenvalue weighted by Gasteiger charge is -2.31. The Hall–Kier alpha value is -0.950. The summed E-state index contributed by atoms with van der Waals surface area (Å²) in [5.74, 6) is 1.21. The molecular formula is C17H26Cl2F2N4. The number of nitrogens with zero attached hydrogens (tertiary/aromatic N) is 3. The minimum Gasteiger partial charge on any atom is -0.320 e. The van der Waals surface area contributed by atoms with Gasteiger partial charge in [0.2, 0.25) is 0 Å². The van der Waals surface area contributed by atoms with Crippen molar-refractivity contribution >= 4 is 35.8 Å². The van der Waals surface area contributed by atoms with Crippen molar-refractivity contribution < 1.29 is 8.78 Å². The molecule has 2 aromatic rings. The van der Waals surface area contributed by atoms with Crippen LogP contribution in [0.3, 0.4) is 0 Å². The van der Waals surface area contributed by atoms with Gasteiger partial charge in [0, 0.05) is 0 Å². The number of hydrogen-bond donors (Lipinski definition) is 1. The number of nitrogens with one attached hydrogen (secondary N) is 1. The van der Waals surface area contributed by atoms with Crippen molar-refractivity contribution in [3.8, 4) is 0 Å². The largest absolute Gasteiger partial charge is 0.320 e. The Kier molecular flexibility index (Phi) is 9.07. The molecule has 1 aliphatic rings. The second-order valence-electron chi connectivity index (χ2n) is 6.28. The SMILES string of the molecule is CNCCC1CCN(Cc2nc3ccccc3n2C(F)F)CC1.Cl.Cl. The van der Waals surface area contributed by atoms with E-state index in [1.54, 1.807) is 18.2 Å². The van der Waals surface area contributed by atoms with E-state index in [4.69, 9.17) is 0 Å². The van der Waals surface area contributed by atoms with Crippen LogP contribution in [-0.4, -0.2) is 41.1 Å². The normalized spacial score (nSPS) is 16.0. The summed E-state index contributed by atoms with van der Waals surface area (Å²) in [6.07, 6.45) is 3.47. The van der Waals surface area contributed by atoms with Crippen molar-refractivity contribution in [2.75, 3.05) is 26.7 Å². The van der Waals surface area contributed by atoms with Gasteiger partial charge in [-0.1, -0.05) is 12.1 Å². The second kappa shape index (κ2) is 10.3. The van der Waals surface area contributed by atoms with E-state index in [2.05, 4.69) is 15.2 Å². The van der Waals surface area contributed by atoms with Gasteiger partial charge in [-0.2, -0.15) is 8.78 Å². The van der Waals surface area contributed by atoms with Crippen LogP contribution in [-0.2, 0) is 6.54 Å². The fourth-order valence-corrected chi connectivity index (χ4v) is 3.41. The van der Waals surface area contributed by atoms with Gasteiger partial charge in [-0.05, 0) is 64.0 Å². The zero-order valence-corrected chi connectivity index (χ0v) is 16.0. The van der Waals surface area contributed by atoms with Crippen molar-refractivity contribution in [3.05, 3.63) is 30.1 Å². The van der Waals surface area contributed by atoms with Gasteiger partial charge in [0.1, 0.15) is 5.82 Å². The number of likely N-dealkylation sites (tertiary alicyclic amines) is 1. The number of benzene rings is 1. The Labute approximate surface area is 159 Å². The van der Waals surface area contributed by atoms with Gasteiger partial charge >= 0.3 is 6.55 Å². The molecule has 0 saturated carbocycles. The van der Waals surface area contributed by atoms with Crippen molar-refractivity contribution in [2.45, 2.75) is 32.4 Å². The monoisotopic (exact) mass is 394 g/mol. The molecule has 0 bridgehead atoms. The number of fused-ring (bicyclic) bond motifs is 1. The molecule has 4 nitrogen and oxygen atoms in total. The zero-order valence-electron chi connectivity index (χ0n) is 14.3. The molecule has 2 heterocycles. The number of halogens is 4. The summed E-state index contributed by atoms with van der Waals surface area (Å²) in [7, 11) is 1.98. The van der Waals surface area contributed by atoms with Gasteiger partial charge in [-0.25, -0.2) is 4.98 Å². The van der Waals surface area contributed by atoms with Gasteiger partial charge < -0.3 is 5.32 Å². The van der Waals surface area contributed by atoms with E-state index in [0.717, 1.165) is 43.0 Å². The standard InChI is InChI=1S/C17H24F2N4.2ClH/c1-20-9-6-13-7-10-22(11-8-13)12-16-21-14-4-2-3-5-15(14)23(16)17(18)19;;/h2-5,13,17,20H,6-12H2,1H3;2*1H. The maximum Gasteiger partial charge on any atom is 0.320 e. The fraction of sp³-hybridized carbons (Fsp3) is 0.588. The molecule has 1 fully saturated rings. The molecule has 1 aromatic heterocycles. The van der Waals surface area contributed by atoms with E-state index in [0.29, 0.717) is 23.4 Å². The van der Waals surface area contributed by atoms with Crippen molar-refractivity contribution in [2.24, 2.45) is 5.92 Å². The summed E-state index contributed by atoms with van der Waals surface area (Å²) in [4.78, 5) is 6.67. The van der Waals surface area contributed by atoms with E-state index >= 15 is 0 Å². The predicted molar refractivity (Wildman–Crippen MR) is 102 cm³/mol. The summed E-state index contributed by atoms with van der Waals surface area (Å²) in [6.45, 7) is 0.913. The molecule has 0 aliphatic carbocycles. The van der Waals surface area contributed by atoms with Crippen molar-refractivity contribution in [1.82, 2.24) is 19.8 Å². The molecule has 25 heavy (non-hydrogen) atoms. The average molecular weight is 395 g/mol. The first-order valence-corrected chi connectivity index (χ1v) is 8.30. The van der Waals surface area contributed by atoms with Gasteiger partial charge in [0.15, 0.2) is 0 Å². The minimum atomic E-state index is -2.55. The summed E-state index contributed by atoms with van der Waals surface area (Å²) >= 11 is 0. The number of hydrogen-bond acceptors (Lipinski definition) is 3. The molecule has 1 saturated heterocycles. The molecule has 0 unspecified atom stereocenters. The highest BCUT2D eigenvalue weighted by molar-refractivity contribution is 5.85. The van der Waals surface area contributed by atoms with E-state index in [1.807, 2.05) is 13.1 Å². The Morgan fingerprint density at radius 1 is 1.20 bits per heavy atom. The number of para-hydroxylation sites is 2. The molecule has 8 heteroatoms. The lowest BCUT2D eigenvalue weighted by atomic mass is 9.93. The van der Waals surface area contributed by atoms with Crippen molar-refractivity contribution in [1.29, 1.82) is 0 Å². The van der Waals surface area contributed by atoms with Crippen LogP contribution in [0.2, 0.25) is 0 Å². The van der Waals surface area contributed by atoms with Crippen LogP contribution >= 0.6 is 24.8 Å². The van der Waals surface area contributed by atoms with E-state index in [-0.39, 0.29) is 24.8 Å². The summed E-state index contributed by atoms with van der Waals surface area (Å²) in [5.41, 5.74) is 1.16. The smallest absolute Gasteiger partial charge is 0.320 e. The quantitative estimate of drug-likeness (QED) is 0.800. The van der Waals surface area contributed by atoms with Crippen LogP contribution in [0.15, 0.2) is 24.3 Å². The third kappa shape index (κ3) is 5.26. The highest BCUT2D eigenvalue weighted by atomic mass is 35.5. The van der Waals surface area contributed by atoms with Gasteiger partial charge in [0.25, 0.3) is 0 Å². The molecule has 0 atom stereocenters. The molecule has 1 aliphatic heterocycles. The van der Waals surface area contributed by atoms with E-state index < -0.39 is 6.55 Å². The molecule has 0 spiro atoms. The summed E-state index contributed by atoms with van der Waals surface area (Å²) < 4.78 is 28.0. The third-order valence-corrected chi connectivity index (χ3v) is 4.74. The molecule has 0 amide bonds. The van der Waals surface area contributed by atoms with Crippen LogP contribution in [0.4, 0.5) is 8.78 Å². The number of imidazole rings is 1. The molecule has 1 N–H and O–H groups in total. The minimum absolute atomic E-state index is 0. The third-order valence-electron chi connectivity index (χ3n) is 4.74. The first-order valence-electron chi connectivity index (χ1n) is 8.30. The topological polar surface area (TPSA) is 33.1 Å². The number of piperidine rings is 1. The van der Waals surface area contributed by atoms with Crippen molar-refractivity contribution in [3.63, 3.8) is 0 Å². The number of aromatic nitrogens is 2. The lowest BCUT2D eigenvalue weighted by molar-refractivity contribution is 0.0666. The Morgan fingerprint density at radius 2 is 1.88 bits per heavy atom. The maximum atomic E-state index is 13.4. The van der Waals surface area contributed by atoms with Gasteiger partial charge in [0.05, 0.1) is 17.6 Å². The first kappa shape index (κ1) is 22.1. The fourth-order valence-electron chi connectivity index (χ4n) is 3.41. The Bertz CT molecular complexity index is 643. The highest BCUT2D eigenvalue weighted by Gasteiger charge is 2.23. The Balaban J connectivity index is 0.00000156. The van der Waals surface area contributed by atoms with Crippen LogP contribution < -0.4 is 5.32 Å².